The Morgan fingerprint density at radius 1 is 0.288 bits per heavy atom. The van der Waals surface area contributed by atoms with E-state index in [-0.39, 0.29) is 0 Å². The van der Waals surface area contributed by atoms with Gasteiger partial charge >= 0.3 is 0 Å². The van der Waals surface area contributed by atoms with E-state index in [1.165, 1.54) is 27.1 Å². The summed E-state index contributed by atoms with van der Waals surface area (Å²) < 4.78 is 2.44. The molecule has 5 nitrogen and oxygen atoms in total. The van der Waals surface area contributed by atoms with Crippen LogP contribution >= 0.6 is 0 Å². The van der Waals surface area contributed by atoms with Crippen molar-refractivity contribution < 1.29 is 0 Å². The number of benzene rings is 8. The van der Waals surface area contributed by atoms with Gasteiger partial charge in [0.05, 0.1) is 39.3 Å². The maximum Gasteiger partial charge on any atom is 0.161 e. The van der Waals surface area contributed by atoms with Crippen molar-refractivity contribution >= 4 is 48.9 Å². The molecule has 0 fully saturated rings. The van der Waals surface area contributed by atoms with Crippen LogP contribution in [0.5, 0.6) is 0 Å². The normalized spacial score (nSPS) is 11.7. The van der Waals surface area contributed by atoms with Gasteiger partial charge in [0, 0.05) is 54.9 Å². The first-order valence-corrected chi connectivity index (χ1v) is 19.9. The molecule has 5 heteroatoms. The lowest BCUT2D eigenvalue weighted by Gasteiger charge is -2.16. The standard InChI is InChI=1S/C54H33N5/c1-5-15-34(16-6-1)45-32-46(35-17-7-2-8-18-35)56-53(55-45)38-27-30-49-44(31-38)42-25-13-24-41-40-28-29-43(39-23-14-26-50(51(39)40)59(49)52(41)42)54-57-47(36-19-9-3-10-20-36)33-48(58-54)37-21-11-4-12-22-37/h1-33H. The summed E-state index contributed by atoms with van der Waals surface area (Å²) in [4.78, 5) is 20.8. The van der Waals surface area contributed by atoms with E-state index >= 15 is 0 Å². The molecule has 0 radical (unpaired) electrons. The molecule has 8 aromatic carbocycles. The average Bonchev–Trinajstić information content (AvgIpc) is 3.66. The highest BCUT2D eigenvalue weighted by Crippen LogP contribution is 2.43. The van der Waals surface area contributed by atoms with Crippen molar-refractivity contribution in [2.24, 2.45) is 0 Å². The molecular weight excluding hydrogens is 719 g/mol. The number of rotatable bonds is 6. The van der Waals surface area contributed by atoms with Gasteiger partial charge in [-0.15, -0.1) is 0 Å². The summed E-state index contributed by atoms with van der Waals surface area (Å²) in [5, 5.41) is 7.06. The van der Waals surface area contributed by atoms with Gasteiger partial charge < -0.3 is 4.40 Å². The van der Waals surface area contributed by atoms with Gasteiger partial charge in [-0.3, -0.25) is 0 Å². The molecule has 0 saturated heterocycles. The molecule has 274 valence electrons. The highest BCUT2D eigenvalue weighted by atomic mass is 14.9. The maximum atomic E-state index is 5.24. The zero-order valence-electron chi connectivity index (χ0n) is 31.8. The lowest BCUT2D eigenvalue weighted by Crippen LogP contribution is -1.98. The van der Waals surface area contributed by atoms with Crippen LogP contribution < -0.4 is 0 Å². The lowest BCUT2D eigenvalue weighted by molar-refractivity contribution is 1.18. The van der Waals surface area contributed by atoms with E-state index in [0.717, 1.165) is 78.0 Å². The van der Waals surface area contributed by atoms with Gasteiger partial charge in [0.15, 0.2) is 11.6 Å². The summed E-state index contributed by atoms with van der Waals surface area (Å²) in [5.41, 5.74) is 13.2. The zero-order chi connectivity index (χ0) is 38.9. The van der Waals surface area contributed by atoms with Crippen LogP contribution in [-0.2, 0) is 0 Å². The van der Waals surface area contributed by atoms with Gasteiger partial charge in [-0.1, -0.05) is 158 Å². The number of nitrogens with zero attached hydrogens (tertiary/aromatic N) is 5. The molecule has 4 aromatic heterocycles. The Morgan fingerprint density at radius 3 is 1.31 bits per heavy atom. The number of pyridine rings is 1. The highest BCUT2D eigenvalue weighted by Gasteiger charge is 2.21. The van der Waals surface area contributed by atoms with Crippen LogP contribution in [0.4, 0.5) is 0 Å². The van der Waals surface area contributed by atoms with Gasteiger partial charge in [-0.05, 0) is 53.2 Å². The summed E-state index contributed by atoms with van der Waals surface area (Å²) in [6.07, 6.45) is 0. The van der Waals surface area contributed by atoms with Crippen molar-refractivity contribution in [2.75, 3.05) is 0 Å². The lowest BCUT2D eigenvalue weighted by atomic mass is 9.95. The van der Waals surface area contributed by atoms with Crippen molar-refractivity contribution in [3.8, 4) is 67.8 Å². The first-order valence-electron chi connectivity index (χ1n) is 19.9. The fourth-order valence-corrected chi connectivity index (χ4v) is 8.84. The van der Waals surface area contributed by atoms with Gasteiger partial charge in [0.2, 0.25) is 0 Å². The van der Waals surface area contributed by atoms with Gasteiger partial charge in [-0.2, -0.15) is 0 Å². The topological polar surface area (TPSA) is 56.0 Å². The molecule has 59 heavy (non-hydrogen) atoms. The van der Waals surface area contributed by atoms with E-state index in [1.54, 1.807) is 0 Å². The Bertz CT molecular complexity index is 3410. The second-order valence-corrected chi connectivity index (χ2v) is 15.0. The Balaban J connectivity index is 1.08. The molecule has 12 aromatic rings. The predicted molar refractivity (Wildman–Crippen MR) is 242 cm³/mol. The van der Waals surface area contributed by atoms with E-state index in [4.69, 9.17) is 19.9 Å². The van der Waals surface area contributed by atoms with E-state index < -0.39 is 0 Å². The zero-order valence-corrected chi connectivity index (χ0v) is 31.8. The number of hydrogen-bond acceptors (Lipinski definition) is 4. The van der Waals surface area contributed by atoms with Gasteiger partial charge in [-0.25, -0.2) is 19.9 Å². The summed E-state index contributed by atoms with van der Waals surface area (Å²) >= 11 is 0. The molecule has 0 unspecified atom stereocenters. The number of fused-ring (bicyclic) bond motifs is 5. The fourth-order valence-electron chi connectivity index (χ4n) is 8.84. The van der Waals surface area contributed by atoms with Crippen LogP contribution in [-0.4, -0.2) is 24.3 Å². The first-order chi connectivity index (χ1) is 29.2. The van der Waals surface area contributed by atoms with Crippen molar-refractivity contribution in [3.63, 3.8) is 0 Å². The van der Waals surface area contributed by atoms with Gasteiger partial charge in [0.1, 0.15) is 0 Å². The Kier molecular flexibility index (Phi) is 7.47. The fraction of sp³-hybridized carbons (Fsp3) is 0. The van der Waals surface area contributed by atoms with Crippen LogP contribution in [0.3, 0.4) is 0 Å². The van der Waals surface area contributed by atoms with Crippen molar-refractivity contribution in [2.45, 2.75) is 0 Å². The molecule has 0 spiro atoms. The summed E-state index contributed by atoms with van der Waals surface area (Å²) in [6, 6.07) is 70.1. The predicted octanol–water partition coefficient (Wildman–Crippen LogP) is 13.6. The van der Waals surface area contributed by atoms with Crippen LogP contribution in [0.25, 0.3) is 117 Å². The molecule has 0 atom stereocenters. The minimum atomic E-state index is 0.696. The van der Waals surface area contributed by atoms with Crippen LogP contribution in [0, 0.1) is 0 Å². The first kappa shape index (κ1) is 33.2. The summed E-state index contributed by atoms with van der Waals surface area (Å²) in [5.74, 6) is 1.40. The SMILES string of the molecule is c1ccc(-c2cc(-c3ccccc3)nc(-c3ccc4c(c3)c3cccc5c6ccc(-c7nc(-c8ccccc8)cc(-c8ccccc8)n7)c7cccc(c76)n4c53)n2)cc1. The molecule has 0 N–H and O–H groups in total. The van der Waals surface area contributed by atoms with Crippen molar-refractivity contribution in [1.29, 1.82) is 0 Å². The minimum absolute atomic E-state index is 0.696. The Labute approximate surface area is 339 Å². The van der Waals surface area contributed by atoms with Gasteiger partial charge in [0.25, 0.3) is 0 Å². The van der Waals surface area contributed by atoms with Crippen LogP contribution in [0.2, 0.25) is 0 Å². The summed E-state index contributed by atoms with van der Waals surface area (Å²) in [7, 11) is 0. The van der Waals surface area contributed by atoms with E-state index in [1.807, 2.05) is 24.3 Å². The quantitative estimate of drug-likeness (QED) is 0.125. The number of para-hydroxylation sites is 1. The van der Waals surface area contributed by atoms with E-state index in [0.29, 0.717) is 11.6 Å². The second-order valence-electron chi connectivity index (χ2n) is 15.0. The molecule has 4 heterocycles. The molecule has 0 saturated carbocycles. The monoisotopic (exact) mass is 751 g/mol. The maximum absolute atomic E-state index is 5.24. The third-order valence-corrected chi connectivity index (χ3v) is 11.6. The second kappa shape index (κ2) is 13.3. The molecular formula is C54H33N5. The highest BCUT2D eigenvalue weighted by molar-refractivity contribution is 6.28. The Morgan fingerprint density at radius 2 is 0.763 bits per heavy atom. The summed E-state index contributed by atoms with van der Waals surface area (Å²) in [6.45, 7) is 0. The van der Waals surface area contributed by atoms with E-state index in [2.05, 4.69) is 180 Å². The largest absolute Gasteiger partial charge is 0.308 e. The molecule has 0 aliphatic heterocycles. The molecule has 12 rings (SSSR count). The average molecular weight is 752 g/mol. The number of aromatic nitrogens is 5. The molecule has 0 aliphatic rings. The number of hydrogen-bond donors (Lipinski definition) is 0. The van der Waals surface area contributed by atoms with Crippen LogP contribution in [0.1, 0.15) is 0 Å². The van der Waals surface area contributed by atoms with Crippen molar-refractivity contribution in [1.82, 2.24) is 24.3 Å². The minimum Gasteiger partial charge on any atom is -0.308 e. The van der Waals surface area contributed by atoms with E-state index in [9.17, 15) is 0 Å². The smallest absolute Gasteiger partial charge is 0.161 e. The van der Waals surface area contributed by atoms with Crippen LogP contribution in [0.15, 0.2) is 200 Å². The third kappa shape index (κ3) is 5.40. The third-order valence-electron chi connectivity index (χ3n) is 11.6. The van der Waals surface area contributed by atoms with Crippen molar-refractivity contribution in [3.05, 3.63) is 200 Å². The molecule has 0 bridgehead atoms. The molecule has 0 amide bonds. The Hall–Kier alpha value is -8.02. The molecule has 0 aliphatic carbocycles.